The molecule has 4 aromatic rings. The van der Waals surface area contributed by atoms with Gasteiger partial charge in [0.2, 0.25) is 5.91 Å². The highest BCUT2D eigenvalue weighted by Gasteiger charge is 2.30. The van der Waals surface area contributed by atoms with Gasteiger partial charge in [-0.2, -0.15) is 5.10 Å². The van der Waals surface area contributed by atoms with E-state index in [-0.39, 0.29) is 11.7 Å². The number of carbonyl (C=O) groups is 1. The van der Waals surface area contributed by atoms with E-state index in [1.54, 1.807) is 11.0 Å². The molecule has 8 heteroatoms. The first-order valence-corrected chi connectivity index (χ1v) is 13.2. The molecule has 6 rings (SSSR count). The summed E-state index contributed by atoms with van der Waals surface area (Å²) in [6.45, 7) is 3.95. The van der Waals surface area contributed by atoms with Gasteiger partial charge in [0.05, 0.1) is 5.52 Å². The number of hydrogen-bond acceptors (Lipinski definition) is 4. The Morgan fingerprint density at radius 1 is 1.00 bits per heavy atom. The van der Waals surface area contributed by atoms with Gasteiger partial charge in [0, 0.05) is 49.4 Å². The highest BCUT2D eigenvalue weighted by molar-refractivity contribution is 5.89. The first-order valence-electron chi connectivity index (χ1n) is 13.2. The Kier molecular flexibility index (Phi) is 6.28. The van der Waals surface area contributed by atoms with Crippen LogP contribution in [0, 0.1) is 11.7 Å². The molecule has 0 aliphatic carbocycles. The van der Waals surface area contributed by atoms with Gasteiger partial charge in [-0.3, -0.25) is 9.48 Å². The van der Waals surface area contributed by atoms with Crippen molar-refractivity contribution in [2.75, 3.05) is 33.2 Å². The average molecular weight is 501 g/mol. The topological polar surface area (TPSA) is 59.2 Å². The van der Waals surface area contributed by atoms with E-state index in [0.717, 1.165) is 68.6 Å². The van der Waals surface area contributed by atoms with E-state index in [9.17, 15) is 9.18 Å². The normalized spacial score (nSPS) is 19.4. The fourth-order valence-electron chi connectivity index (χ4n) is 5.98. The van der Waals surface area contributed by atoms with Gasteiger partial charge in [-0.05, 0) is 99.3 Å². The molecule has 192 valence electrons. The van der Waals surface area contributed by atoms with Crippen molar-refractivity contribution in [1.29, 1.82) is 0 Å². The second-order valence-electron chi connectivity index (χ2n) is 10.6. The summed E-state index contributed by atoms with van der Waals surface area (Å²) in [6.07, 6.45) is 8.05. The maximum atomic E-state index is 13.6. The lowest BCUT2D eigenvalue weighted by Gasteiger charge is -2.32. The van der Waals surface area contributed by atoms with Crippen LogP contribution in [0.1, 0.15) is 37.2 Å². The third kappa shape index (κ3) is 4.66. The lowest BCUT2D eigenvalue weighted by atomic mass is 9.88. The minimum absolute atomic E-state index is 0.190. The van der Waals surface area contributed by atoms with Gasteiger partial charge >= 0.3 is 0 Å². The number of carbonyl (C=O) groups excluding carboxylic acids is 1. The van der Waals surface area contributed by atoms with E-state index in [4.69, 9.17) is 0 Å². The zero-order valence-electron chi connectivity index (χ0n) is 21.5. The number of halogens is 1. The van der Waals surface area contributed by atoms with Gasteiger partial charge in [-0.15, -0.1) is 0 Å². The summed E-state index contributed by atoms with van der Waals surface area (Å²) >= 11 is 0. The Morgan fingerprint density at radius 3 is 2.46 bits per heavy atom. The minimum Gasteiger partial charge on any atom is -0.345 e. The summed E-state index contributed by atoms with van der Waals surface area (Å²) in [4.78, 5) is 21.1. The third-order valence-corrected chi connectivity index (χ3v) is 8.16. The first-order chi connectivity index (χ1) is 18.0. The number of aromatic nitrogens is 4. The molecule has 2 aromatic heterocycles. The van der Waals surface area contributed by atoms with Gasteiger partial charge in [-0.1, -0.05) is 0 Å². The summed E-state index contributed by atoms with van der Waals surface area (Å²) < 4.78 is 17.5. The maximum Gasteiger partial charge on any atom is 0.225 e. The molecule has 0 bridgehead atoms. The third-order valence-electron chi connectivity index (χ3n) is 8.16. The number of hydrogen-bond donors (Lipinski definition) is 0. The Morgan fingerprint density at radius 2 is 1.78 bits per heavy atom. The molecule has 7 nitrogen and oxygen atoms in total. The molecule has 2 fully saturated rings. The maximum absolute atomic E-state index is 13.6. The number of rotatable bonds is 6. The molecular formula is C29H33FN6O. The van der Waals surface area contributed by atoms with Gasteiger partial charge in [0.1, 0.15) is 12.1 Å². The molecule has 0 N–H and O–H groups in total. The fraction of sp³-hybridized carbons (Fsp3) is 0.414. The summed E-state index contributed by atoms with van der Waals surface area (Å²) in [5, 5.41) is 5.70. The van der Waals surface area contributed by atoms with Gasteiger partial charge in [0.25, 0.3) is 0 Å². The highest BCUT2D eigenvalue weighted by atomic mass is 19.1. The van der Waals surface area contributed by atoms with Crippen molar-refractivity contribution in [3.63, 3.8) is 0 Å². The quantitative estimate of drug-likeness (QED) is 0.388. The van der Waals surface area contributed by atoms with Gasteiger partial charge in [0.15, 0.2) is 5.82 Å². The van der Waals surface area contributed by atoms with Crippen LogP contribution in [0.5, 0.6) is 0 Å². The standard InChI is InChI=1S/C29H33FN6O/c1-33-13-9-21(29(33)37)12-16-35-14-10-20(11-15-35)26-18-36(24-6-4-23(30)5-7-24)27-8-3-22(17-25(26)27)28-31-19-34(2)32-28/h3-8,17-21H,9-16H2,1-2H3. The molecule has 2 aliphatic rings. The lowest BCUT2D eigenvalue weighted by Crippen LogP contribution is -2.35. The Balaban J connectivity index is 1.26. The van der Waals surface area contributed by atoms with E-state index in [2.05, 4.69) is 43.9 Å². The molecule has 2 saturated heterocycles. The summed E-state index contributed by atoms with van der Waals surface area (Å²) in [7, 11) is 3.78. The molecule has 2 aliphatic heterocycles. The molecular weight excluding hydrogens is 467 g/mol. The van der Waals surface area contributed by atoms with Crippen molar-refractivity contribution in [1.82, 2.24) is 29.1 Å². The average Bonchev–Trinajstić information content (AvgIpc) is 3.61. The molecule has 4 heterocycles. The van der Waals surface area contributed by atoms with E-state index in [1.807, 2.05) is 31.1 Å². The molecule has 0 saturated carbocycles. The summed E-state index contributed by atoms with van der Waals surface area (Å²) in [5.41, 5.74) is 4.37. The van der Waals surface area contributed by atoms with Crippen molar-refractivity contribution < 1.29 is 9.18 Å². The second kappa shape index (κ2) is 9.74. The van der Waals surface area contributed by atoms with Crippen LogP contribution >= 0.6 is 0 Å². The van der Waals surface area contributed by atoms with Crippen LogP contribution in [0.4, 0.5) is 4.39 Å². The zero-order valence-corrected chi connectivity index (χ0v) is 21.5. The fourth-order valence-corrected chi connectivity index (χ4v) is 5.98. The van der Waals surface area contributed by atoms with Crippen molar-refractivity contribution in [2.45, 2.75) is 31.6 Å². The lowest BCUT2D eigenvalue weighted by molar-refractivity contribution is -0.130. The van der Waals surface area contributed by atoms with E-state index in [0.29, 0.717) is 17.6 Å². The largest absolute Gasteiger partial charge is 0.345 e. The minimum atomic E-state index is -0.234. The Bertz CT molecular complexity index is 1420. The van der Waals surface area contributed by atoms with Crippen LogP contribution in [0.3, 0.4) is 0 Å². The van der Waals surface area contributed by atoms with Crippen molar-refractivity contribution in [2.24, 2.45) is 13.0 Å². The van der Waals surface area contributed by atoms with Crippen LogP contribution in [-0.4, -0.2) is 68.3 Å². The van der Waals surface area contributed by atoms with Crippen molar-refractivity contribution in [3.8, 4) is 17.1 Å². The SMILES string of the molecule is CN1CCC(CCN2CCC(c3cn(-c4ccc(F)cc4)c4ccc(-c5ncn(C)n5)cc34)CC2)C1=O. The predicted molar refractivity (Wildman–Crippen MR) is 142 cm³/mol. The number of benzene rings is 2. The van der Waals surface area contributed by atoms with Crippen molar-refractivity contribution >= 4 is 16.8 Å². The number of piperidine rings is 1. The van der Waals surface area contributed by atoms with Crippen LogP contribution in [0.2, 0.25) is 0 Å². The number of amides is 1. The molecule has 0 radical (unpaired) electrons. The number of fused-ring (bicyclic) bond motifs is 1. The molecule has 2 aromatic carbocycles. The first kappa shape index (κ1) is 23.9. The molecule has 37 heavy (non-hydrogen) atoms. The zero-order chi connectivity index (χ0) is 25.5. The molecule has 1 unspecified atom stereocenters. The Hall–Kier alpha value is -3.52. The van der Waals surface area contributed by atoms with E-state index >= 15 is 0 Å². The molecule has 1 amide bonds. The monoisotopic (exact) mass is 500 g/mol. The van der Waals surface area contributed by atoms with Gasteiger partial charge < -0.3 is 14.4 Å². The molecule has 1 atom stereocenters. The molecule has 0 spiro atoms. The van der Waals surface area contributed by atoms with Crippen LogP contribution in [-0.2, 0) is 11.8 Å². The van der Waals surface area contributed by atoms with Crippen LogP contribution in [0.15, 0.2) is 55.0 Å². The van der Waals surface area contributed by atoms with Crippen LogP contribution < -0.4 is 0 Å². The van der Waals surface area contributed by atoms with E-state index < -0.39 is 0 Å². The summed E-state index contributed by atoms with van der Waals surface area (Å²) in [6, 6.07) is 13.1. The number of likely N-dealkylation sites (tertiary alicyclic amines) is 2. The van der Waals surface area contributed by atoms with Gasteiger partial charge in [-0.25, -0.2) is 9.37 Å². The van der Waals surface area contributed by atoms with Crippen LogP contribution in [0.25, 0.3) is 28.0 Å². The summed E-state index contributed by atoms with van der Waals surface area (Å²) in [5.74, 6) is 1.41. The Labute approximate surface area is 216 Å². The second-order valence-corrected chi connectivity index (χ2v) is 10.6. The number of nitrogens with zero attached hydrogens (tertiary/aromatic N) is 6. The highest BCUT2D eigenvalue weighted by Crippen LogP contribution is 2.37. The van der Waals surface area contributed by atoms with E-state index in [1.165, 1.54) is 23.1 Å². The van der Waals surface area contributed by atoms with Crippen molar-refractivity contribution in [3.05, 3.63) is 66.4 Å². The number of aryl methyl sites for hydroxylation is 1. The smallest absolute Gasteiger partial charge is 0.225 e. The predicted octanol–water partition coefficient (Wildman–Crippen LogP) is 4.61.